The molecule has 0 atom stereocenters. The molecule has 0 spiro atoms. The number of ether oxygens (including phenoxy) is 1. The maximum absolute atomic E-state index is 9.83. The van der Waals surface area contributed by atoms with E-state index in [1.807, 2.05) is 26.8 Å². The largest absolute Gasteiger partial charge is 0.507 e. The topological polar surface area (TPSA) is 49.7 Å². The standard InChI is InChI=1S/C16H26O3/c1-12-11-15(13(2)14(3)16(12)18)19-10-8-6-4-5-7-9-17/h11,17-18H,4-10H2,1-3H3. The summed E-state index contributed by atoms with van der Waals surface area (Å²) in [6, 6.07) is 1.91. The maximum Gasteiger partial charge on any atom is 0.122 e. The lowest BCUT2D eigenvalue weighted by atomic mass is 10.0. The number of benzene rings is 1. The van der Waals surface area contributed by atoms with Crippen LogP contribution in [0.1, 0.15) is 48.8 Å². The summed E-state index contributed by atoms with van der Waals surface area (Å²) in [5, 5.41) is 18.5. The van der Waals surface area contributed by atoms with Crippen LogP contribution in [0, 0.1) is 20.8 Å². The molecule has 0 aliphatic rings. The van der Waals surface area contributed by atoms with Gasteiger partial charge in [-0.15, -0.1) is 0 Å². The molecule has 0 amide bonds. The van der Waals surface area contributed by atoms with E-state index in [9.17, 15) is 5.11 Å². The van der Waals surface area contributed by atoms with Crippen LogP contribution in [0.5, 0.6) is 11.5 Å². The fourth-order valence-electron chi connectivity index (χ4n) is 2.11. The molecule has 0 radical (unpaired) electrons. The summed E-state index contributed by atoms with van der Waals surface area (Å²) in [5.41, 5.74) is 2.78. The first-order valence-electron chi connectivity index (χ1n) is 7.11. The van der Waals surface area contributed by atoms with E-state index in [0.717, 1.165) is 54.5 Å². The van der Waals surface area contributed by atoms with E-state index in [2.05, 4.69) is 0 Å². The minimum absolute atomic E-state index is 0.293. The second-order valence-electron chi connectivity index (χ2n) is 5.13. The molecule has 3 nitrogen and oxygen atoms in total. The number of aromatic hydroxyl groups is 1. The molecule has 0 unspecified atom stereocenters. The van der Waals surface area contributed by atoms with Gasteiger partial charge in [-0.2, -0.15) is 0 Å². The van der Waals surface area contributed by atoms with Crippen molar-refractivity contribution in [3.8, 4) is 11.5 Å². The highest BCUT2D eigenvalue weighted by atomic mass is 16.5. The lowest BCUT2D eigenvalue weighted by Crippen LogP contribution is -2.01. The van der Waals surface area contributed by atoms with Crippen LogP contribution < -0.4 is 4.74 Å². The van der Waals surface area contributed by atoms with Crippen molar-refractivity contribution in [2.45, 2.75) is 52.9 Å². The summed E-state index contributed by atoms with van der Waals surface area (Å²) in [7, 11) is 0. The van der Waals surface area contributed by atoms with E-state index in [1.54, 1.807) is 0 Å². The van der Waals surface area contributed by atoms with E-state index in [-0.39, 0.29) is 0 Å². The van der Waals surface area contributed by atoms with Crippen LogP contribution in [0.25, 0.3) is 0 Å². The SMILES string of the molecule is Cc1cc(OCCCCCCCO)c(C)c(C)c1O. The van der Waals surface area contributed by atoms with Gasteiger partial charge >= 0.3 is 0 Å². The summed E-state index contributed by atoms with van der Waals surface area (Å²) in [6.45, 7) is 6.79. The van der Waals surface area contributed by atoms with Crippen molar-refractivity contribution in [1.82, 2.24) is 0 Å². The van der Waals surface area contributed by atoms with Crippen molar-refractivity contribution in [3.05, 3.63) is 22.8 Å². The lowest BCUT2D eigenvalue weighted by molar-refractivity contribution is 0.278. The number of phenols is 1. The van der Waals surface area contributed by atoms with E-state index < -0.39 is 0 Å². The van der Waals surface area contributed by atoms with Crippen LogP contribution in [-0.2, 0) is 0 Å². The highest BCUT2D eigenvalue weighted by molar-refractivity contribution is 5.51. The lowest BCUT2D eigenvalue weighted by Gasteiger charge is -2.14. The predicted octanol–water partition coefficient (Wildman–Crippen LogP) is 3.64. The molecule has 0 aliphatic carbocycles. The molecule has 2 N–H and O–H groups in total. The van der Waals surface area contributed by atoms with Crippen LogP contribution >= 0.6 is 0 Å². The highest BCUT2D eigenvalue weighted by Gasteiger charge is 2.09. The summed E-state index contributed by atoms with van der Waals surface area (Å²) >= 11 is 0. The van der Waals surface area contributed by atoms with E-state index in [0.29, 0.717) is 19.0 Å². The molecule has 3 heteroatoms. The monoisotopic (exact) mass is 266 g/mol. The molecule has 19 heavy (non-hydrogen) atoms. The zero-order valence-electron chi connectivity index (χ0n) is 12.3. The second kappa shape index (κ2) is 8.05. The number of phenolic OH excluding ortho intramolecular Hbond substituents is 1. The van der Waals surface area contributed by atoms with Gasteiger partial charge in [0.25, 0.3) is 0 Å². The molecule has 0 saturated heterocycles. The van der Waals surface area contributed by atoms with Gasteiger partial charge in [0.2, 0.25) is 0 Å². The van der Waals surface area contributed by atoms with Crippen molar-refractivity contribution in [2.75, 3.05) is 13.2 Å². The predicted molar refractivity (Wildman–Crippen MR) is 78.0 cm³/mol. The molecular weight excluding hydrogens is 240 g/mol. The van der Waals surface area contributed by atoms with Gasteiger partial charge in [-0.25, -0.2) is 0 Å². The fourth-order valence-corrected chi connectivity index (χ4v) is 2.11. The van der Waals surface area contributed by atoms with Gasteiger partial charge < -0.3 is 14.9 Å². The van der Waals surface area contributed by atoms with Gasteiger partial charge in [0.05, 0.1) is 6.61 Å². The Morgan fingerprint density at radius 2 is 1.58 bits per heavy atom. The van der Waals surface area contributed by atoms with Crippen LogP contribution in [-0.4, -0.2) is 23.4 Å². The number of hydrogen-bond donors (Lipinski definition) is 2. The first-order chi connectivity index (χ1) is 9.07. The number of aliphatic hydroxyl groups is 1. The third-order valence-electron chi connectivity index (χ3n) is 3.57. The number of unbranched alkanes of at least 4 members (excludes halogenated alkanes) is 4. The van der Waals surface area contributed by atoms with Gasteiger partial charge in [-0.1, -0.05) is 19.3 Å². The zero-order chi connectivity index (χ0) is 14.3. The molecule has 1 rings (SSSR count). The Morgan fingerprint density at radius 1 is 0.947 bits per heavy atom. The van der Waals surface area contributed by atoms with Crippen LogP contribution in [0.4, 0.5) is 0 Å². The third kappa shape index (κ3) is 4.75. The molecule has 0 fully saturated rings. The molecule has 0 aromatic heterocycles. The maximum atomic E-state index is 9.83. The molecule has 1 aromatic rings. The van der Waals surface area contributed by atoms with Gasteiger partial charge in [0.15, 0.2) is 0 Å². The van der Waals surface area contributed by atoms with Crippen LogP contribution in [0.15, 0.2) is 6.07 Å². The van der Waals surface area contributed by atoms with Crippen molar-refractivity contribution >= 4 is 0 Å². The molecule has 0 saturated carbocycles. The Balaban J connectivity index is 2.38. The van der Waals surface area contributed by atoms with Gasteiger partial charge in [-0.3, -0.25) is 0 Å². The molecule has 0 bridgehead atoms. The molecular formula is C16H26O3. The Hall–Kier alpha value is -1.22. The molecule has 1 aromatic carbocycles. The number of aryl methyl sites for hydroxylation is 1. The van der Waals surface area contributed by atoms with E-state index in [4.69, 9.17) is 9.84 Å². The van der Waals surface area contributed by atoms with Gasteiger partial charge in [0.1, 0.15) is 11.5 Å². The minimum atomic E-state index is 0.293. The summed E-state index contributed by atoms with van der Waals surface area (Å²) in [6.07, 6.45) is 5.30. The van der Waals surface area contributed by atoms with Crippen molar-refractivity contribution in [2.24, 2.45) is 0 Å². The quantitative estimate of drug-likeness (QED) is 0.706. The summed E-state index contributed by atoms with van der Waals surface area (Å²) in [4.78, 5) is 0. The van der Waals surface area contributed by atoms with E-state index >= 15 is 0 Å². The number of aliphatic hydroxyl groups excluding tert-OH is 1. The Bertz CT molecular complexity index is 399. The Labute approximate surface area is 116 Å². The van der Waals surface area contributed by atoms with Gasteiger partial charge in [0, 0.05) is 6.61 Å². The van der Waals surface area contributed by atoms with Crippen molar-refractivity contribution in [3.63, 3.8) is 0 Å². The first-order valence-corrected chi connectivity index (χ1v) is 7.11. The average Bonchev–Trinajstić information content (AvgIpc) is 2.41. The molecule has 0 aliphatic heterocycles. The van der Waals surface area contributed by atoms with Crippen LogP contribution in [0.3, 0.4) is 0 Å². The molecule has 108 valence electrons. The van der Waals surface area contributed by atoms with E-state index in [1.165, 1.54) is 0 Å². The van der Waals surface area contributed by atoms with Crippen molar-refractivity contribution < 1.29 is 14.9 Å². The normalized spacial score (nSPS) is 10.7. The Kier molecular flexibility index (Phi) is 6.71. The minimum Gasteiger partial charge on any atom is -0.507 e. The molecule has 0 heterocycles. The van der Waals surface area contributed by atoms with Crippen LogP contribution in [0.2, 0.25) is 0 Å². The number of rotatable bonds is 8. The fraction of sp³-hybridized carbons (Fsp3) is 0.625. The zero-order valence-corrected chi connectivity index (χ0v) is 12.3. The summed E-state index contributed by atoms with van der Waals surface area (Å²) in [5.74, 6) is 1.25. The second-order valence-corrected chi connectivity index (χ2v) is 5.13. The smallest absolute Gasteiger partial charge is 0.122 e. The highest BCUT2D eigenvalue weighted by Crippen LogP contribution is 2.32. The third-order valence-corrected chi connectivity index (χ3v) is 3.57. The average molecular weight is 266 g/mol. The summed E-state index contributed by atoms with van der Waals surface area (Å²) < 4.78 is 5.80. The first kappa shape index (κ1) is 15.8. The van der Waals surface area contributed by atoms with Crippen molar-refractivity contribution in [1.29, 1.82) is 0 Å². The van der Waals surface area contributed by atoms with Gasteiger partial charge in [-0.05, 0) is 56.4 Å². The Morgan fingerprint density at radius 3 is 2.26 bits per heavy atom. The number of hydrogen-bond acceptors (Lipinski definition) is 3.